The maximum atomic E-state index is 12.1. The number of ether oxygens (including phenoxy) is 3. The fraction of sp³-hybridized carbons (Fsp3) is 0.320. The molecule has 2 heterocycles. The zero-order chi connectivity index (χ0) is 21.6. The molecule has 1 aliphatic rings. The second kappa shape index (κ2) is 9.71. The average molecular weight is 418 g/mol. The lowest BCUT2D eigenvalue weighted by atomic mass is 10.1. The summed E-state index contributed by atoms with van der Waals surface area (Å²) in [5.41, 5.74) is 2.73. The minimum absolute atomic E-state index is 0.00587. The number of esters is 1. The van der Waals surface area contributed by atoms with Crippen molar-refractivity contribution in [3.8, 4) is 34.0 Å². The largest absolute Gasteiger partial charge is 0.494 e. The van der Waals surface area contributed by atoms with Crippen LogP contribution in [0.15, 0.2) is 60.9 Å². The van der Waals surface area contributed by atoms with Crippen molar-refractivity contribution in [2.45, 2.75) is 45.3 Å². The third-order valence-corrected chi connectivity index (χ3v) is 5.01. The van der Waals surface area contributed by atoms with Crippen LogP contribution in [-0.4, -0.2) is 34.8 Å². The van der Waals surface area contributed by atoms with Crippen molar-refractivity contribution in [3.05, 3.63) is 60.9 Å². The molecule has 6 heteroatoms. The molecule has 0 amide bonds. The Balaban J connectivity index is 1.40. The SMILES string of the molecule is CCCOc1cccc(-c2ncc(-c3ccc(OC(=O)[C@@H]4O[C@@H]4CCC)cc3)cn2)c1. The van der Waals surface area contributed by atoms with E-state index in [9.17, 15) is 4.79 Å². The molecular weight excluding hydrogens is 392 g/mol. The Morgan fingerprint density at radius 3 is 2.42 bits per heavy atom. The third-order valence-electron chi connectivity index (χ3n) is 5.01. The maximum Gasteiger partial charge on any atom is 0.343 e. The van der Waals surface area contributed by atoms with E-state index in [0.29, 0.717) is 18.2 Å². The Morgan fingerprint density at radius 2 is 1.71 bits per heavy atom. The lowest BCUT2D eigenvalue weighted by Crippen LogP contribution is -2.17. The van der Waals surface area contributed by atoms with Crippen LogP contribution >= 0.6 is 0 Å². The van der Waals surface area contributed by atoms with E-state index < -0.39 is 6.10 Å². The first-order valence-electron chi connectivity index (χ1n) is 10.7. The van der Waals surface area contributed by atoms with Crippen molar-refractivity contribution in [1.29, 1.82) is 0 Å². The summed E-state index contributed by atoms with van der Waals surface area (Å²) >= 11 is 0. The molecule has 1 fully saturated rings. The van der Waals surface area contributed by atoms with Gasteiger partial charge >= 0.3 is 5.97 Å². The van der Waals surface area contributed by atoms with Gasteiger partial charge in [-0.3, -0.25) is 0 Å². The molecule has 0 aliphatic carbocycles. The standard InChI is InChI=1S/C25H26N2O4/c1-3-6-22-23(31-22)25(28)30-20-11-9-17(10-12-20)19-15-26-24(27-16-19)18-7-5-8-21(14-18)29-13-4-2/h5,7-12,14-16,22-23H,3-4,6,13H2,1-2H3/t22-,23-/m1/s1. The third kappa shape index (κ3) is 5.27. The molecule has 0 radical (unpaired) electrons. The van der Waals surface area contributed by atoms with E-state index in [4.69, 9.17) is 14.2 Å². The van der Waals surface area contributed by atoms with Crippen LogP contribution in [0.2, 0.25) is 0 Å². The van der Waals surface area contributed by atoms with Crippen LogP contribution < -0.4 is 9.47 Å². The Kier molecular flexibility index (Phi) is 6.57. The second-order valence-electron chi connectivity index (χ2n) is 7.50. The van der Waals surface area contributed by atoms with Crippen LogP contribution in [0.4, 0.5) is 0 Å². The molecule has 4 rings (SSSR count). The van der Waals surface area contributed by atoms with E-state index in [1.165, 1.54) is 0 Å². The minimum Gasteiger partial charge on any atom is -0.494 e. The minimum atomic E-state index is -0.425. The number of benzene rings is 2. The summed E-state index contributed by atoms with van der Waals surface area (Å²) in [4.78, 5) is 21.1. The number of aromatic nitrogens is 2. The number of rotatable bonds is 9. The van der Waals surface area contributed by atoms with Crippen LogP contribution in [0.5, 0.6) is 11.5 Å². The number of epoxide rings is 1. The molecule has 160 valence electrons. The highest BCUT2D eigenvalue weighted by molar-refractivity contribution is 5.80. The summed E-state index contributed by atoms with van der Waals surface area (Å²) in [7, 11) is 0. The fourth-order valence-corrected chi connectivity index (χ4v) is 3.31. The van der Waals surface area contributed by atoms with Crippen LogP contribution in [-0.2, 0) is 9.53 Å². The predicted molar refractivity (Wildman–Crippen MR) is 118 cm³/mol. The van der Waals surface area contributed by atoms with Gasteiger partial charge in [0.05, 0.1) is 12.7 Å². The molecule has 0 bridgehead atoms. The van der Waals surface area contributed by atoms with Gasteiger partial charge in [-0.1, -0.05) is 44.5 Å². The highest BCUT2D eigenvalue weighted by Gasteiger charge is 2.45. The van der Waals surface area contributed by atoms with Crippen molar-refractivity contribution >= 4 is 5.97 Å². The lowest BCUT2D eigenvalue weighted by molar-refractivity contribution is -0.135. The van der Waals surface area contributed by atoms with Crippen molar-refractivity contribution in [3.63, 3.8) is 0 Å². The van der Waals surface area contributed by atoms with E-state index >= 15 is 0 Å². The van der Waals surface area contributed by atoms with Gasteiger partial charge < -0.3 is 14.2 Å². The Labute approximate surface area is 182 Å². The van der Waals surface area contributed by atoms with E-state index in [-0.39, 0.29) is 12.1 Å². The smallest absolute Gasteiger partial charge is 0.343 e. The quantitative estimate of drug-likeness (QED) is 0.274. The summed E-state index contributed by atoms with van der Waals surface area (Å²) in [6, 6.07) is 15.1. The molecule has 0 N–H and O–H groups in total. The molecule has 0 saturated carbocycles. The first kappa shape index (κ1) is 21.0. The van der Waals surface area contributed by atoms with Crippen molar-refractivity contribution in [2.24, 2.45) is 0 Å². The monoisotopic (exact) mass is 418 g/mol. The van der Waals surface area contributed by atoms with E-state index in [0.717, 1.165) is 41.7 Å². The van der Waals surface area contributed by atoms with Gasteiger partial charge in [0.1, 0.15) is 11.5 Å². The summed E-state index contributed by atoms with van der Waals surface area (Å²) < 4.78 is 16.5. The first-order chi connectivity index (χ1) is 15.2. The summed E-state index contributed by atoms with van der Waals surface area (Å²) in [5, 5.41) is 0. The number of hydrogen-bond acceptors (Lipinski definition) is 6. The molecule has 0 unspecified atom stereocenters. The van der Waals surface area contributed by atoms with Gasteiger partial charge in [0.25, 0.3) is 0 Å². The maximum absolute atomic E-state index is 12.1. The molecule has 2 atom stereocenters. The van der Waals surface area contributed by atoms with Gasteiger partial charge in [-0.15, -0.1) is 0 Å². The van der Waals surface area contributed by atoms with Crippen LogP contribution in [0.25, 0.3) is 22.5 Å². The molecule has 1 aliphatic heterocycles. The molecule has 0 spiro atoms. The van der Waals surface area contributed by atoms with Gasteiger partial charge in [-0.05, 0) is 42.7 Å². The zero-order valence-corrected chi connectivity index (χ0v) is 17.8. The molecule has 2 aromatic carbocycles. The predicted octanol–water partition coefficient (Wildman–Crippen LogP) is 5.07. The fourth-order valence-electron chi connectivity index (χ4n) is 3.31. The van der Waals surface area contributed by atoms with Crippen molar-refractivity contribution in [1.82, 2.24) is 9.97 Å². The lowest BCUT2D eigenvalue weighted by Gasteiger charge is -2.07. The molecule has 1 saturated heterocycles. The second-order valence-corrected chi connectivity index (χ2v) is 7.50. The van der Waals surface area contributed by atoms with Gasteiger partial charge in [0.15, 0.2) is 11.9 Å². The van der Waals surface area contributed by atoms with Gasteiger partial charge in [0, 0.05) is 23.5 Å². The molecule has 1 aromatic heterocycles. The molecular formula is C25H26N2O4. The van der Waals surface area contributed by atoms with Gasteiger partial charge in [-0.2, -0.15) is 0 Å². The van der Waals surface area contributed by atoms with Crippen molar-refractivity contribution < 1.29 is 19.0 Å². The average Bonchev–Trinajstić information content (AvgIpc) is 3.58. The van der Waals surface area contributed by atoms with E-state index in [1.807, 2.05) is 36.4 Å². The van der Waals surface area contributed by atoms with Gasteiger partial charge in [-0.25, -0.2) is 14.8 Å². The Hall–Kier alpha value is -3.25. The van der Waals surface area contributed by atoms with Crippen LogP contribution in [0, 0.1) is 0 Å². The number of hydrogen-bond donors (Lipinski definition) is 0. The zero-order valence-electron chi connectivity index (χ0n) is 17.8. The topological polar surface area (TPSA) is 73.8 Å². The summed E-state index contributed by atoms with van der Waals surface area (Å²) in [5.74, 6) is 1.63. The normalized spacial score (nSPS) is 17.2. The first-order valence-corrected chi connectivity index (χ1v) is 10.7. The van der Waals surface area contributed by atoms with Crippen LogP contribution in [0.1, 0.15) is 33.1 Å². The summed E-state index contributed by atoms with van der Waals surface area (Å²) in [6.45, 7) is 4.83. The highest BCUT2D eigenvalue weighted by Crippen LogP contribution is 2.29. The number of nitrogens with zero attached hydrogens (tertiary/aromatic N) is 2. The highest BCUT2D eigenvalue weighted by atomic mass is 16.6. The van der Waals surface area contributed by atoms with Gasteiger partial charge in [0.2, 0.25) is 0 Å². The summed E-state index contributed by atoms with van der Waals surface area (Å²) in [6.07, 6.45) is 5.98. The molecule has 31 heavy (non-hydrogen) atoms. The number of carbonyl (C=O) groups is 1. The van der Waals surface area contributed by atoms with Crippen LogP contribution in [0.3, 0.4) is 0 Å². The number of carbonyl (C=O) groups excluding carboxylic acids is 1. The van der Waals surface area contributed by atoms with E-state index in [2.05, 4.69) is 23.8 Å². The van der Waals surface area contributed by atoms with Crippen molar-refractivity contribution in [2.75, 3.05) is 6.61 Å². The Morgan fingerprint density at radius 1 is 0.935 bits per heavy atom. The Bertz CT molecular complexity index is 1020. The van der Waals surface area contributed by atoms with E-state index in [1.54, 1.807) is 24.5 Å². The molecule has 6 nitrogen and oxygen atoms in total. The molecule has 3 aromatic rings.